The highest BCUT2D eigenvalue weighted by Gasteiger charge is 2.17. The fraction of sp³-hybridized carbons (Fsp3) is 0.467. The van der Waals surface area contributed by atoms with Crippen molar-refractivity contribution in [2.24, 2.45) is 0 Å². The molecule has 1 unspecified atom stereocenters. The number of rotatable bonds is 9. The fourth-order valence-corrected chi connectivity index (χ4v) is 2.97. The first kappa shape index (κ1) is 18.7. The van der Waals surface area contributed by atoms with Gasteiger partial charge in [-0.3, -0.25) is 0 Å². The average molecular weight is 516 g/mol. The minimum atomic E-state index is -1.12. The first-order valence-electron chi connectivity index (χ1n) is 6.75. The maximum Gasteiger partial charge on any atom is 0.339 e. The van der Waals surface area contributed by atoms with Crippen molar-refractivity contribution in [2.75, 3.05) is 11.0 Å². The predicted octanol–water partition coefficient (Wildman–Crippen LogP) is 4.34. The van der Waals surface area contributed by atoms with E-state index in [0.29, 0.717) is 6.61 Å². The van der Waals surface area contributed by atoms with Crippen LogP contribution in [0.5, 0.6) is 0 Å². The fourth-order valence-electron chi connectivity index (χ4n) is 1.81. The number of carboxylic acids is 1. The van der Waals surface area contributed by atoms with Gasteiger partial charge in [-0.2, -0.15) is 0 Å². The Labute approximate surface area is 151 Å². The van der Waals surface area contributed by atoms with Gasteiger partial charge in [0, 0.05) is 3.92 Å². The van der Waals surface area contributed by atoms with Gasteiger partial charge in [0.1, 0.15) is 6.61 Å². The average Bonchev–Trinajstić information content (AvgIpc) is 2.49. The number of halogens is 2. The Hall–Kier alpha value is -0.380. The smallest absolute Gasteiger partial charge is 0.339 e. The highest BCUT2D eigenvalue weighted by molar-refractivity contribution is 14.1. The summed E-state index contributed by atoms with van der Waals surface area (Å²) < 4.78 is 6.66. The maximum atomic E-state index is 12.0. The SMILES string of the molecule is O=C(O)c1ccccc1C(=O)OCC(I)CCCCCI. The zero-order valence-electron chi connectivity index (χ0n) is 11.6. The number of aromatic carboxylic acids is 1. The van der Waals surface area contributed by atoms with E-state index in [9.17, 15) is 9.59 Å². The molecule has 0 aliphatic heterocycles. The molecule has 1 N–H and O–H groups in total. The van der Waals surface area contributed by atoms with Crippen LogP contribution in [0.15, 0.2) is 24.3 Å². The van der Waals surface area contributed by atoms with Gasteiger partial charge in [0.05, 0.1) is 11.1 Å². The Balaban J connectivity index is 2.45. The molecular weight excluding hydrogens is 498 g/mol. The number of hydrogen-bond acceptors (Lipinski definition) is 3. The minimum Gasteiger partial charge on any atom is -0.478 e. The predicted molar refractivity (Wildman–Crippen MR) is 98.8 cm³/mol. The second-order valence-corrected chi connectivity index (χ2v) is 7.43. The highest BCUT2D eigenvalue weighted by Crippen LogP contribution is 2.15. The normalized spacial score (nSPS) is 11.9. The first-order chi connectivity index (χ1) is 10.1. The molecule has 6 heteroatoms. The number of ether oxygens (including phenoxy) is 1. The minimum absolute atomic E-state index is 0.0189. The zero-order chi connectivity index (χ0) is 15.7. The van der Waals surface area contributed by atoms with Crippen molar-refractivity contribution >= 4 is 57.1 Å². The van der Waals surface area contributed by atoms with E-state index in [4.69, 9.17) is 9.84 Å². The molecule has 1 aromatic carbocycles. The van der Waals surface area contributed by atoms with Gasteiger partial charge >= 0.3 is 11.9 Å². The second kappa shape index (κ2) is 10.4. The molecule has 0 saturated heterocycles. The molecule has 0 aliphatic rings. The van der Waals surface area contributed by atoms with Gasteiger partial charge < -0.3 is 9.84 Å². The number of esters is 1. The molecule has 1 atom stereocenters. The number of hydrogen-bond donors (Lipinski definition) is 1. The van der Waals surface area contributed by atoms with Crippen LogP contribution in [0.1, 0.15) is 46.4 Å². The van der Waals surface area contributed by atoms with Crippen LogP contribution in [0.4, 0.5) is 0 Å². The van der Waals surface area contributed by atoms with Crippen LogP contribution in [-0.4, -0.2) is 32.0 Å². The molecule has 0 saturated carbocycles. The topological polar surface area (TPSA) is 63.6 Å². The lowest BCUT2D eigenvalue weighted by Gasteiger charge is -2.11. The van der Waals surface area contributed by atoms with Crippen molar-refractivity contribution in [3.63, 3.8) is 0 Å². The van der Waals surface area contributed by atoms with Crippen molar-refractivity contribution in [1.82, 2.24) is 0 Å². The van der Waals surface area contributed by atoms with E-state index in [0.717, 1.165) is 12.8 Å². The number of alkyl halides is 2. The third-order valence-corrected chi connectivity index (χ3v) is 4.67. The largest absolute Gasteiger partial charge is 0.478 e. The lowest BCUT2D eigenvalue weighted by Crippen LogP contribution is -2.16. The van der Waals surface area contributed by atoms with Crippen molar-refractivity contribution in [1.29, 1.82) is 0 Å². The summed E-state index contributed by atoms with van der Waals surface area (Å²) in [4.78, 5) is 23.0. The van der Waals surface area contributed by atoms with Crippen LogP contribution in [0, 0.1) is 0 Å². The molecule has 116 valence electrons. The van der Waals surface area contributed by atoms with Crippen molar-refractivity contribution < 1.29 is 19.4 Å². The summed E-state index contributed by atoms with van der Waals surface area (Å²) in [5.41, 5.74) is 0.0908. The van der Waals surface area contributed by atoms with Gasteiger partial charge in [-0.05, 0) is 29.4 Å². The van der Waals surface area contributed by atoms with E-state index in [1.54, 1.807) is 12.1 Å². The second-order valence-electron chi connectivity index (χ2n) is 4.58. The van der Waals surface area contributed by atoms with Crippen LogP contribution in [0.3, 0.4) is 0 Å². The Morgan fingerprint density at radius 1 is 1.14 bits per heavy atom. The van der Waals surface area contributed by atoms with Gasteiger partial charge in [0.2, 0.25) is 0 Å². The molecule has 0 bridgehead atoms. The lowest BCUT2D eigenvalue weighted by molar-refractivity contribution is 0.0497. The molecule has 4 nitrogen and oxygen atoms in total. The summed E-state index contributed by atoms with van der Waals surface area (Å²) in [6.45, 7) is 0.317. The van der Waals surface area contributed by atoms with Crippen LogP contribution >= 0.6 is 45.2 Å². The standard InChI is InChI=1S/C15H18I2O4/c16-9-5-1-2-6-11(17)10-21-15(20)13-8-4-3-7-12(13)14(18)19/h3-4,7-8,11H,1-2,5-6,9-10H2,(H,18,19). The number of benzene rings is 1. The number of unbranched alkanes of at least 4 members (excludes halogenated alkanes) is 2. The number of carbonyl (C=O) groups is 2. The van der Waals surface area contributed by atoms with Crippen LogP contribution in [-0.2, 0) is 4.74 Å². The molecular formula is C15H18I2O4. The monoisotopic (exact) mass is 516 g/mol. The Morgan fingerprint density at radius 2 is 1.81 bits per heavy atom. The van der Waals surface area contributed by atoms with Gasteiger partial charge in [-0.1, -0.05) is 70.2 Å². The van der Waals surface area contributed by atoms with E-state index >= 15 is 0 Å². The van der Waals surface area contributed by atoms with E-state index < -0.39 is 11.9 Å². The molecule has 1 rings (SSSR count). The Morgan fingerprint density at radius 3 is 2.43 bits per heavy atom. The van der Waals surface area contributed by atoms with E-state index in [-0.39, 0.29) is 15.1 Å². The van der Waals surface area contributed by atoms with E-state index in [1.807, 2.05) is 0 Å². The van der Waals surface area contributed by atoms with Crippen LogP contribution in [0.25, 0.3) is 0 Å². The summed E-state index contributed by atoms with van der Waals surface area (Å²) >= 11 is 4.64. The van der Waals surface area contributed by atoms with Crippen LogP contribution < -0.4 is 0 Å². The summed E-state index contributed by atoms with van der Waals surface area (Å²) in [5.74, 6) is -1.69. The molecule has 1 aromatic rings. The third-order valence-electron chi connectivity index (χ3n) is 2.92. The van der Waals surface area contributed by atoms with Crippen molar-refractivity contribution in [2.45, 2.75) is 29.6 Å². The Kier molecular flexibility index (Phi) is 9.21. The van der Waals surface area contributed by atoms with Gasteiger partial charge in [0.25, 0.3) is 0 Å². The highest BCUT2D eigenvalue weighted by atomic mass is 127. The van der Waals surface area contributed by atoms with Crippen molar-refractivity contribution in [3.05, 3.63) is 35.4 Å². The number of carboxylic acid groups (broad SMARTS) is 1. The Bertz CT molecular complexity index is 476. The molecule has 0 amide bonds. The van der Waals surface area contributed by atoms with Gasteiger partial charge in [0.15, 0.2) is 0 Å². The van der Waals surface area contributed by atoms with Crippen molar-refractivity contribution in [3.8, 4) is 0 Å². The molecule has 0 aromatic heterocycles. The molecule has 0 spiro atoms. The molecule has 0 heterocycles. The van der Waals surface area contributed by atoms with Gasteiger partial charge in [-0.25, -0.2) is 9.59 Å². The summed E-state index contributed by atoms with van der Waals surface area (Å²) in [6.07, 6.45) is 4.54. The maximum absolute atomic E-state index is 12.0. The molecule has 21 heavy (non-hydrogen) atoms. The molecule has 0 fully saturated rings. The lowest BCUT2D eigenvalue weighted by atomic mass is 10.1. The first-order valence-corrected chi connectivity index (χ1v) is 9.53. The van der Waals surface area contributed by atoms with Gasteiger partial charge in [-0.15, -0.1) is 0 Å². The van der Waals surface area contributed by atoms with E-state index in [1.165, 1.54) is 29.4 Å². The summed E-state index contributed by atoms with van der Waals surface area (Å²) in [5, 5.41) is 9.05. The zero-order valence-corrected chi connectivity index (χ0v) is 15.9. The van der Waals surface area contributed by atoms with Crippen LogP contribution in [0.2, 0.25) is 0 Å². The quantitative estimate of drug-likeness (QED) is 0.230. The summed E-state index contributed by atoms with van der Waals surface area (Å²) in [6, 6.07) is 6.11. The summed E-state index contributed by atoms with van der Waals surface area (Å²) in [7, 11) is 0. The van der Waals surface area contributed by atoms with E-state index in [2.05, 4.69) is 45.2 Å². The molecule has 0 radical (unpaired) electrons. The third kappa shape index (κ3) is 6.94. The molecule has 0 aliphatic carbocycles. The number of carbonyl (C=O) groups excluding carboxylic acids is 1.